The number of hydrogen-bond donors (Lipinski definition) is 0. The lowest BCUT2D eigenvalue weighted by molar-refractivity contribution is 0.245. The molecule has 2 rings (SSSR count). The second-order valence-electron chi connectivity index (χ2n) is 6.24. The lowest BCUT2D eigenvalue weighted by atomic mass is 10.0. The zero-order valence-electron chi connectivity index (χ0n) is 14.6. The Morgan fingerprint density at radius 2 is 1.74 bits per heavy atom. The Labute approximate surface area is 140 Å². The minimum atomic E-state index is 0.539. The summed E-state index contributed by atoms with van der Waals surface area (Å²) in [5.41, 5.74) is 3.38. The normalized spacial score (nSPS) is 12.1. The number of benzene rings is 1. The van der Waals surface area contributed by atoms with Crippen LogP contribution in [0, 0.1) is 5.92 Å². The number of aryl methyl sites for hydroxylation is 1. The van der Waals surface area contributed by atoms with Gasteiger partial charge in [-0.05, 0) is 30.4 Å². The standard InChI is InChI=1S/C20H28N2O/c1-4-6-7-8-17-9-11-18(12-10-17)19-13-14-20(22-21-19)23-15-16(3)5-2/h9-14,16H,4-8,15H2,1-3H3. The lowest BCUT2D eigenvalue weighted by Gasteiger charge is -2.09. The molecule has 0 aliphatic heterocycles. The van der Waals surface area contributed by atoms with Crippen molar-refractivity contribution in [2.75, 3.05) is 6.61 Å². The van der Waals surface area contributed by atoms with Gasteiger partial charge in [-0.1, -0.05) is 64.3 Å². The van der Waals surface area contributed by atoms with Gasteiger partial charge in [0.2, 0.25) is 5.88 Å². The second kappa shape index (κ2) is 9.29. The van der Waals surface area contributed by atoms with Crippen molar-refractivity contribution in [1.82, 2.24) is 10.2 Å². The van der Waals surface area contributed by atoms with Gasteiger partial charge in [-0.15, -0.1) is 10.2 Å². The van der Waals surface area contributed by atoms with Gasteiger partial charge in [-0.2, -0.15) is 0 Å². The van der Waals surface area contributed by atoms with E-state index in [4.69, 9.17) is 4.74 Å². The van der Waals surface area contributed by atoms with Crippen LogP contribution in [0.1, 0.15) is 52.0 Å². The number of hydrogen-bond acceptors (Lipinski definition) is 3. The molecule has 0 bridgehead atoms. The SMILES string of the molecule is CCCCCc1ccc(-c2ccc(OCC(C)CC)nn2)cc1. The van der Waals surface area contributed by atoms with Crippen LogP contribution in [-0.4, -0.2) is 16.8 Å². The van der Waals surface area contributed by atoms with E-state index < -0.39 is 0 Å². The van der Waals surface area contributed by atoms with Gasteiger partial charge in [0.25, 0.3) is 0 Å². The van der Waals surface area contributed by atoms with E-state index >= 15 is 0 Å². The molecule has 1 aromatic heterocycles. The van der Waals surface area contributed by atoms with Gasteiger partial charge >= 0.3 is 0 Å². The third-order valence-corrected chi connectivity index (χ3v) is 4.17. The molecule has 0 N–H and O–H groups in total. The smallest absolute Gasteiger partial charge is 0.233 e. The number of nitrogens with zero attached hydrogens (tertiary/aromatic N) is 2. The first-order valence-electron chi connectivity index (χ1n) is 8.78. The van der Waals surface area contributed by atoms with Crippen LogP contribution in [0.3, 0.4) is 0 Å². The first-order valence-corrected chi connectivity index (χ1v) is 8.78. The van der Waals surface area contributed by atoms with E-state index in [1.165, 1.54) is 24.8 Å². The molecule has 0 amide bonds. The quantitative estimate of drug-likeness (QED) is 0.589. The van der Waals surface area contributed by atoms with Crippen LogP contribution in [0.4, 0.5) is 0 Å². The number of rotatable bonds is 9. The molecule has 3 nitrogen and oxygen atoms in total. The Morgan fingerprint density at radius 3 is 2.35 bits per heavy atom. The van der Waals surface area contributed by atoms with E-state index in [9.17, 15) is 0 Å². The average Bonchev–Trinajstić information content (AvgIpc) is 2.61. The van der Waals surface area contributed by atoms with Crippen molar-refractivity contribution in [1.29, 1.82) is 0 Å². The Bertz CT molecular complexity index is 563. The maximum Gasteiger partial charge on any atom is 0.233 e. The summed E-state index contributed by atoms with van der Waals surface area (Å²) in [6, 6.07) is 12.5. The monoisotopic (exact) mass is 312 g/mol. The molecule has 0 saturated heterocycles. The maximum absolute atomic E-state index is 5.65. The third kappa shape index (κ3) is 5.66. The Morgan fingerprint density at radius 1 is 0.957 bits per heavy atom. The van der Waals surface area contributed by atoms with Gasteiger partial charge in [0.05, 0.1) is 12.3 Å². The van der Waals surface area contributed by atoms with E-state index in [2.05, 4.69) is 55.2 Å². The molecule has 0 radical (unpaired) electrons. The summed E-state index contributed by atoms with van der Waals surface area (Å²) in [7, 11) is 0. The van der Waals surface area contributed by atoms with Crippen LogP contribution < -0.4 is 4.74 Å². The fourth-order valence-electron chi connectivity index (χ4n) is 2.32. The predicted molar refractivity (Wildman–Crippen MR) is 95.6 cm³/mol. The summed E-state index contributed by atoms with van der Waals surface area (Å²) in [5.74, 6) is 1.14. The molecule has 0 saturated carbocycles. The average molecular weight is 312 g/mol. The van der Waals surface area contributed by atoms with Gasteiger partial charge in [0, 0.05) is 11.6 Å². The van der Waals surface area contributed by atoms with Gasteiger partial charge in [-0.3, -0.25) is 0 Å². The minimum Gasteiger partial charge on any atom is -0.476 e. The number of aromatic nitrogens is 2. The van der Waals surface area contributed by atoms with Crippen molar-refractivity contribution in [2.24, 2.45) is 5.92 Å². The molecular weight excluding hydrogens is 284 g/mol. The molecule has 0 aliphatic carbocycles. The summed E-state index contributed by atoms with van der Waals surface area (Å²) in [4.78, 5) is 0. The molecule has 1 heterocycles. The van der Waals surface area contributed by atoms with Gasteiger partial charge in [-0.25, -0.2) is 0 Å². The molecule has 1 unspecified atom stereocenters. The maximum atomic E-state index is 5.65. The molecule has 0 spiro atoms. The molecule has 1 atom stereocenters. The minimum absolute atomic E-state index is 0.539. The third-order valence-electron chi connectivity index (χ3n) is 4.17. The van der Waals surface area contributed by atoms with Gasteiger partial charge in [0.15, 0.2) is 0 Å². The Balaban J connectivity index is 1.93. The van der Waals surface area contributed by atoms with E-state index in [0.29, 0.717) is 18.4 Å². The van der Waals surface area contributed by atoms with Crippen molar-refractivity contribution < 1.29 is 4.74 Å². The topological polar surface area (TPSA) is 35.0 Å². The van der Waals surface area contributed by atoms with Crippen LogP contribution in [0.25, 0.3) is 11.3 Å². The van der Waals surface area contributed by atoms with Crippen LogP contribution in [-0.2, 0) is 6.42 Å². The first kappa shape index (κ1) is 17.5. The molecule has 23 heavy (non-hydrogen) atoms. The highest BCUT2D eigenvalue weighted by atomic mass is 16.5. The fourth-order valence-corrected chi connectivity index (χ4v) is 2.32. The Kier molecular flexibility index (Phi) is 7.05. The highest BCUT2D eigenvalue weighted by Gasteiger charge is 2.04. The van der Waals surface area contributed by atoms with Crippen LogP contribution >= 0.6 is 0 Å². The molecule has 2 aromatic rings. The summed E-state index contributed by atoms with van der Waals surface area (Å²) >= 11 is 0. The molecule has 0 aliphatic rings. The summed E-state index contributed by atoms with van der Waals surface area (Å²) in [6.45, 7) is 7.26. The van der Waals surface area contributed by atoms with E-state index in [1.807, 2.05) is 12.1 Å². The predicted octanol–water partition coefficient (Wildman–Crippen LogP) is 5.30. The van der Waals surface area contributed by atoms with Crippen molar-refractivity contribution in [3.05, 3.63) is 42.0 Å². The largest absolute Gasteiger partial charge is 0.476 e. The summed E-state index contributed by atoms with van der Waals surface area (Å²) in [6.07, 6.45) is 6.08. The molecule has 3 heteroatoms. The highest BCUT2D eigenvalue weighted by molar-refractivity contribution is 5.58. The lowest BCUT2D eigenvalue weighted by Crippen LogP contribution is -2.08. The van der Waals surface area contributed by atoms with Crippen molar-refractivity contribution >= 4 is 0 Å². The molecular formula is C20H28N2O. The zero-order chi connectivity index (χ0) is 16.5. The van der Waals surface area contributed by atoms with Crippen LogP contribution in [0.5, 0.6) is 5.88 Å². The number of ether oxygens (including phenoxy) is 1. The molecule has 0 fully saturated rings. The Hall–Kier alpha value is -1.90. The fraction of sp³-hybridized carbons (Fsp3) is 0.500. The summed E-state index contributed by atoms with van der Waals surface area (Å²) < 4.78 is 5.65. The van der Waals surface area contributed by atoms with Crippen molar-refractivity contribution in [3.8, 4) is 17.1 Å². The second-order valence-corrected chi connectivity index (χ2v) is 6.24. The van der Waals surface area contributed by atoms with Crippen molar-refractivity contribution in [3.63, 3.8) is 0 Å². The van der Waals surface area contributed by atoms with Gasteiger partial charge in [0.1, 0.15) is 0 Å². The molecule has 124 valence electrons. The van der Waals surface area contributed by atoms with E-state index in [1.54, 1.807) is 0 Å². The van der Waals surface area contributed by atoms with E-state index in [-0.39, 0.29) is 0 Å². The zero-order valence-corrected chi connectivity index (χ0v) is 14.6. The van der Waals surface area contributed by atoms with E-state index in [0.717, 1.165) is 24.1 Å². The van der Waals surface area contributed by atoms with Crippen molar-refractivity contribution in [2.45, 2.75) is 52.9 Å². The van der Waals surface area contributed by atoms with Crippen LogP contribution in [0.15, 0.2) is 36.4 Å². The first-order chi connectivity index (χ1) is 11.2. The van der Waals surface area contributed by atoms with Crippen LogP contribution in [0.2, 0.25) is 0 Å². The molecule has 1 aromatic carbocycles. The van der Waals surface area contributed by atoms with Gasteiger partial charge < -0.3 is 4.74 Å². The summed E-state index contributed by atoms with van der Waals surface area (Å²) in [5, 5.41) is 8.46. The highest BCUT2D eigenvalue weighted by Crippen LogP contribution is 2.19. The number of unbranched alkanes of at least 4 members (excludes halogenated alkanes) is 2.